The molecule has 1 aliphatic rings. The number of carbonyl (C=O) groups is 2. The Kier molecular flexibility index (Phi) is 5.12. The van der Waals surface area contributed by atoms with E-state index in [2.05, 4.69) is 15.5 Å². The maximum Gasteiger partial charge on any atom is 0.256 e. The Morgan fingerprint density at radius 1 is 1.21 bits per heavy atom. The first kappa shape index (κ1) is 19.2. The van der Waals surface area contributed by atoms with E-state index in [1.807, 2.05) is 48.8 Å². The van der Waals surface area contributed by atoms with E-state index < -0.39 is 0 Å². The molecular weight excluding hydrogens is 370 g/mol. The lowest BCUT2D eigenvalue weighted by Crippen LogP contribution is -2.43. The van der Waals surface area contributed by atoms with Gasteiger partial charge >= 0.3 is 0 Å². The number of fused-ring (bicyclic) bond motifs is 1. The first-order valence-electron chi connectivity index (χ1n) is 9.98. The maximum atomic E-state index is 12.6. The molecule has 9 heteroatoms. The summed E-state index contributed by atoms with van der Waals surface area (Å²) in [6, 6.07) is 1.98. The van der Waals surface area contributed by atoms with E-state index in [1.54, 1.807) is 15.4 Å². The predicted octanol–water partition coefficient (Wildman–Crippen LogP) is 1.15. The molecule has 3 aromatic rings. The monoisotopic (exact) mass is 397 g/mol. The number of imidazole rings is 1. The van der Waals surface area contributed by atoms with Gasteiger partial charge < -0.3 is 14.8 Å². The molecule has 3 aromatic heterocycles. The van der Waals surface area contributed by atoms with Crippen LogP contribution in [0.2, 0.25) is 0 Å². The Labute approximate surface area is 169 Å². The van der Waals surface area contributed by atoms with Gasteiger partial charge in [-0.15, -0.1) is 0 Å². The molecule has 0 radical (unpaired) electrons. The lowest BCUT2D eigenvalue weighted by molar-refractivity contribution is -0.133. The van der Waals surface area contributed by atoms with Crippen molar-refractivity contribution in [2.24, 2.45) is 13.0 Å². The second-order valence-electron chi connectivity index (χ2n) is 7.85. The van der Waals surface area contributed by atoms with Gasteiger partial charge in [-0.05, 0) is 38.7 Å². The molecule has 4 rings (SSSR count). The number of aryl methyl sites for hydroxylation is 3. The van der Waals surface area contributed by atoms with Crippen molar-refractivity contribution < 1.29 is 9.59 Å². The third-order valence-corrected chi connectivity index (χ3v) is 5.69. The van der Waals surface area contributed by atoms with Crippen LogP contribution < -0.4 is 5.32 Å². The summed E-state index contributed by atoms with van der Waals surface area (Å²) in [5, 5.41) is 11.6. The number of rotatable bonds is 5. The SMILES string of the molecule is Cc1cc(C)n(CC(=O)N2CCC(CNC(=O)c3cnn4ccn(C)c34)CC2)n1. The fourth-order valence-corrected chi connectivity index (χ4v) is 3.99. The predicted molar refractivity (Wildman–Crippen MR) is 108 cm³/mol. The summed E-state index contributed by atoms with van der Waals surface area (Å²) >= 11 is 0. The zero-order valence-corrected chi connectivity index (χ0v) is 17.1. The Balaban J connectivity index is 1.26. The molecule has 1 saturated heterocycles. The summed E-state index contributed by atoms with van der Waals surface area (Å²) < 4.78 is 5.34. The third-order valence-electron chi connectivity index (χ3n) is 5.69. The van der Waals surface area contributed by atoms with Crippen LogP contribution >= 0.6 is 0 Å². The van der Waals surface area contributed by atoms with Crippen molar-refractivity contribution >= 4 is 17.5 Å². The standard InChI is InChI=1S/C20H27N7O2/c1-14-10-15(2)27(23-14)13-18(28)25-6-4-16(5-7-25)11-21-19(29)17-12-22-26-9-8-24(3)20(17)26/h8-10,12,16H,4-7,11,13H2,1-3H3,(H,21,29). The highest BCUT2D eigenvalue weighted by atomic mass is 16.2. The average Bonchev–Trinajstić information content (AvgIpc) is 3.37. The number of likely N-dealkylation sites (tertiary alicyclic amines) is 1. The van der Waals surface area contributed by atoms with Crippen molar-refractivity contribution in [3.8, 4) is 0 Å². The van der Waals surface area contributed by atoms with Gasteiger partial charge in [0.15, 0.2) is 0 Å². The normalized spacial score (nSPS) is 15.2. The van der Waals surface area contributed by atoms with Gasteiger partial charge in [-0.25, -0.2) is 4.52 Å². The number of nitrogens with one attached hydrogen (secondary N) is 1. The summed E-state index contributed by atoms with van der Waals surface area (Å²) in [7, 11) is 1.90. The second-order valence-corrected chi connectivity index (χ2v) is 7.85. The molecule has 154 valence electrons. The molecule has 0 unspecified atom stereocenters. The fourth-order valence-electron chi connectivity index (χ4n) is 3.99. The van der Waals surface area contributed by atoms with Gasteiger partial charge in [0, 0.05) is 44.8 Å². The lowest BCUT2D eigenvalue weighted by Gasteiger charge is -2.32. The van der Waals surface area contributed by atoms with Crippen molar-refractivity contribution in [3.63, 3.8) is 0 Å². The fraction of sp³-hybridized carbons (Fsp3) is 0.500. The van der Waals surface area contributed by atoms with Crippen LogP contribution in [0.15, 0.2) is 24.7 Å². The molecule has 0 atom stereocenters. The van der Waals surface area contributed by atoms with Crippen LogP contribution in [0.5, 0.6) is 0 Å². The van der Waals surface area contributed by atoms with Gasteiger partial charge in [0.2, 0.25) is 5.91 Å². The molecule has 4 heterocycles. The molecular formula is C20H27N7O2. The summed E-state index contributed by atoms with van der Waals surface area (Å²) in [6.07, 6.45) is 7.07. The first-order chi connectivity index (χ1) is 13.9. The number of amides is 2. The van der Waals surface area contributed by atoms with Crippen molar-refractivity contribution in [1.82, 2.24) is 34.2 Å². The van der Waals surface area contributed by atoms with Crippen LogP contribution in [0.3, 0.4) is 0 Å². The van der Waals surface area contributed by atoms with Gasteiger partial charge in [-0.1, -0.05) is 0 Å². The maximum absolute atomic E-state index is 12.6. The quantitative estimate of drug-likeness (QED) is 0.700. The number of aromatic nitrogens is 5. The van der Waals surface area contributed by atoms with Gasteiger partial charge in [0.1, 0.15) is 17.8 Å². The molecule has 1 fully saturated rings. The van der Waals surface area contributed by atoms with Crippen molar-refractivity contribution in [2.75, 3.05) is 19.6 Å². The van der Waals surface area contributed by atoms with Crippen molar-refractivity contribution in [3.05, 3.63) is 41.6 Å². The molecule has 29 heavy (non-hydrogen) atoms. The van der Waals surface area contributed by atoms with Crippen LogP contribution in [-0.4, -0.2) is 60.3 Å². The molecule has 0 spiro atoms. The van der Waals surface area contributed by atoms with Gasteiger partial charge in [0.25, 0.3) is 5.91 Å². The highest BCUT2D eigenvalue weighted by molar-refractivity contribution is 5.99. The Bertz CT molecular complexity index is 1040. The average molecular weight is 397 g/mol. The van der Waals surface area contributed by atoms with Crippen LogP contribution in [0.25, 0.3) is 5.65 Å². The molecule has 0 aromatic carbocycles. The van der Waals surface area contributed by atoms with E-state index in [0.29, 0.717) is 31.1 Å². The molecule has 0 aliphatic carbocycles. The molecule has 1 aliphatic heterocycles. The topological polar surface area (TPSA) is 89.5 Å². The van der Waals surface area contributed by atoms with E-state index in [0.717, 1.165) is 29.9 Å². The molecule has 2 amide bonds. The highest BCUT2D eigenvalue weighted by Gasteiger charge is 2.24. The smallest absolute Gasteiger partial charge is 0.256 e. The van der Waals surface area contributed by atoms with Gasteiger partial charge in [-0.2, -0.15) is 10.2 Å². The zero-order valence-electron chi connectivity index (χ0n) is 17.1. The number of nitrogens with zero attached hydrogens (tertiary/aromatic N) is 6. The van der Waals surface area contributed by atoms with Crippen LogP contribution in [-0.2, 0) is 18.4 Å². The van der Waals surface area contributed by atoms with Crippen LogP contribution in [0, 0.1) is 19.8 Å². The number of hydrogen-bond acceptors (Lipinski definition) is 4. The van der Waals surface area contributed by atoms with Gasteiger partial charge in [-0.3, -0.25) is 14.3 Å². The van der Waals surface area contributed by atoms with E-state index in [1.165, 1.54) is 0 Å². The lowest BCUT2D eigenvalue weighted by atomic mass is 9.96. The first-order valence-corrected chi connectivity index (χ1v) is 9.98. The van der Waals surface area contributed by atoms with Crippen molar-refractivity contribution in [2.45, 2.75) is 33.2 Å². The van der Waals surface area contributed by atoms with Crippen LogP contribution in [0.4, 0.5) is 0 Å². The Morgan fingerprint density at radius 3 is 2.66 bits per heavy atom. The Hall–Kier alpha value is -3.10. The van der Waals surface area contributed by atoms with E-state index in [-0.39, 0.29) is 18.4 Å². The van der Waals surface area contributed by atoms with Crippen molar-refractivity contribution in [1.29, 1.82) is 0 Å². The molecule has 0 saturated carbocycles. The molecule has 0 bridgehead atoms. The zero-order chi connectivity index (χ0) is 20.5. The summed E-state index contributed by atoms with van der Waals surface area (Å²) in [4.78, 5) is 27.0. The minimum atomic E-state index is -0.107. The van der Waals surface area contributed by atoms with E-state index in [9.17, 15) is 9.59 Å². The Morgan fingerprint density at radius 2 is 1.97 bits per heavy atom. The highest BCUT2D eigenvalue weighted by Crippen LogP contribution is 2.18. The molecule has 1 N–H and O–H groups in total. The van der Waals surface area contributed by atoms with Gasteiger partial charge in [0.05, 0.1) is 11.9 Å². The minimum absolute atomic E-state index is 0.102. The van der Waals surface area contributed by atoms with E-state index >= 15 is 0 Å². The second kappa shape index (κ2) is 7.73. The summed E-state index contributed by atoms with van der Waals surface area (Å²) in [6.45, 7) is 6.23. The molecule has 9 nitrogen and oxygen atoms in total. The summed E-state index contributed by atoms with van der Waals surface area (Å²) in [5.41, 5.74) is 3.29. The van der Waals surface area contributed by atoms with E-state index in [4.69, 9.17) is 0 Å². The number of hydrogen-bond donors (Lipinski definition) is 1. The summed E-state index contributed by atoms with van der Waals surface area (Å²) in [5.74, 6) is 0.366. The number of piperidine rings is 1. The third kappa shape index (κ3) is 3.90. The van der Waals surface area contributed by atoms with Crippen LogP contribution in [0.1, 0.15) is 34.6 Å². The minimum Gasteiger partial charge on any atom is -0.352 e. The number of carbonyl (C=O) groups excluding carboxylic acids is 2. The largest absolute Gasteiger partial charge is 0.352 e.